The van der Waals surface area contributed by atoms with Crippen molar-refractivity contribution in [2.75, 3.05) is 11.5 Å². The van der Waals surface area contributed by atoms with Gasteiger partial charge >= 0.3 is 5.91 Å². The molecule has 0 aliphatic carbocycles. The molecule has 2 heterocycles. The highest BCUT2D eigenvalue weighted by molar-refractivity contribution is 7.16. The smallest absolute Gasteiger partial charge is 0.301 e. The van der Waals surface area contributed by atoms with Crippen molar-refractivity contribution in [2.45, 2.75) is 26.8 Å². The molecule has 1 N–H and O–H groups in total. The van der Waals surface area contributed by atoms with Crippen LogP contribution < -0.4 is 9.64 Å². The van der Waals surface area contributed by atoms with Gasteiger partial charge in [-0.15, -0.1) is 11.3 Å². The first-order chi connectivity index (χ1) is 15.3. The number of hydrogen-bond donors (Lipinski definition) is 1. The lowest BCUT2D eigenvalue weighted by Gasteiger charge is -2.23. The van der Waals surface area contributed by atoms with E-state index in [1.165, 1.54) is 40.5 Å². The summed E-state index contributed by atoms with van der Waals surface area (Å²) >= 11 is 1.30. The summed E-state index contributed by atoms with van der Waals surface area (Å²) in [6.07, 6.45) is 0. The van der Waals surface area contributed by atoms with E-state index >= 15 is 0 Å². The molecule has 0 saturated carbocycles. The second-order valence-electron chi connectivity index (χ2n) is 7.32. The van der Waals surface area contributed by atoms with Crippen LogP contribution in [0.3, 0.4) is 0 Å². The van der Waals surface area contributed by atoms with Crippen LogP contribution in [0.25, 0.3) is 5.76 Å². The summed E-state index contributed by atoms with van der Waals surface area (Å²) in [4.78, 5) is 32.9. The second-order valence-corrected chi connectivity index (χ2v) is 8.50. The number of ether oxygens (including phenoxy) is 1. The zero-order chi connectivity index (χ0) is 23.0. The summed E-state index contributed by atoms with van der Waals surface area (Å²) in [6.45, 7) is 6.09. The number of anilines is 1. The first-order valence-electron chi connectivity index (χ1n) is 10.1. The van der Waals surface area contributed by atoms with Crippen LogP contribution in [0.2, 0.25) is 0 Å². The number of hydrogen-bond acceptors (Lipinski definition) is 6. The molecule has 8 heteroatoms. The van der Waals surface area contributed by atoms with Crippen molar-refractivity contribution in [2.24, 2.45) is 0 Å². The van der Waals surface area contributed by atoms with Gasteiger partial charge in [-0.2, -0.15) is 0 Å². The van der Waals surface area contributed by atoms with E-state index < -0.39 is 23.5 Å². The summed E-state index contributed by atoms with van der Waals surface area (Å²) in [6, 6.07) is 11.2. The van der Waals surface area contributed by atoms with Crippen molar-refractivity contribution >= 4 is 33.9 Å². The Morgan fingerprint density at radius 2 is 1.78 bits per heavy atom. The van der Waals surface area contributed by atoms with Crippen molar-refractivity contribution in [3.8, 4) is 5.75 Å². The molecule has 3 aromatic rings. The number of rotatable bonds is 5. The number of nitrogens with zero attached hydrogens (tertiary/aromatic N) is 2. The molecule has 1 aliphatic rings. The molecule has 4 rings (SSSR count). The number of amides is 1. The lowest BCUT2D eigenvalue weighted by molar-refractivity contribution is -0.132. The van der Waals surface area contributed by atoms with Crippen molar-refractivity contribution in [1.82, 2.24) is 4.98 Å². The second kappa shape index (κ2) is 8.55. The van der Waals surface area contributed by atoms with E-state index in [1.54, 1.807) is 24.3 Å². The standard InChI is InChI=1S/C24H21FN2O4S/c1-4-31-18-11-7-15(8-12-18)20-19(21(28)16-5-9-17(25)10-6-16)22(29)23(30)27(20)24-26-13(2)14(3)32-24/h5-12,20,28H,4H2,1-3H3. The van der Waals surface area contributed by atoms with Crippen LogP contribution in [0.1, 0.15) is 34.7 Å². The SMILES string of the molecule is CCOc1ccc(C2C(=C(O)c3ccc(F)cc3)C(=O)C(=O)N2c2nc(C)c(C)s2)cc1. The number of ketones is 1. The molecule has 6 nitrogen and oxygen atoms in total. The van der Waals surface area contributed by atoms with Gasteiger partial charge in [0.25, 0.3) is 5.78 Å². The maximum atomic E-state index is 13.4. The Hall–Kier alpha value is -3.52. The fraction of sp³-hybridized carbons (Fsp3) is 0.208. The summed E-state index contributed by atoms with van der Waals surface area (Å²) in [5, 5.41) is 11.4. The number of Topliss-reactive ketones (excluding diaryl/α,β-unsaturated/α-hetero) is 1. The Balaban J connectivity index is 1.90. The van der Waals surface area contributed by atoms with Crippen molar-refractivity contribution in [1.29, 1.82) is 0 Å². The van der Waals surface area contributed by atoms with E-state index in [0.717, 1.165) is 10.6 Å². The molecule has 1 aliphatic heterocycles. The van der Waals surface area contributed by atoms with E-state index in [2.05, 4.69) is 4.98 Å². The number of benzene rings is 2. The highest BCUT2D eigenvalue weighted by atomic mass is 32.1. The molecule has 1 unspecified atom stereocenters. The minimum Gasteiger partial charge on any atom is -0.507 e. The van der Waals surface area contributed by atoms with Gasteiger partial charge in [0.2, 0.25) is 0 Å². The Kier molecular flexibility index (Phi) is 5.80. The van der Waals surface area contributed by atoms with Crippen molar-refractivity contribution < 1.29 is 23.8 Å². The maximum absolute atomic E-state index is 13.4. The number of aryl methyl sites for hydroxylation is 2. The zero-order valence-electron chi connectivity index (χ0n) is 17.8. The largest absolute Gasteiger partial charge is 0.507 e. The predicted molar refractivity (Wildman–Crippen MR) is 120 cm³/mol. The normalized spacial score (nSPS) is 17.8. The lowest BCUT2D eigenvalue weighted by Crippen LogP contribution is -2.29. The minimum atomic E-state index is -0.888. The molecule has 1 amide bonds. The van der Waals surface area contributed by atoms with Gasteiger partial charge in [-0.3, -0.25) is 14.5 Å². The van der Waals surface area contributed by atoms with Crippen LogP contribution in [0.15, 0.2) is 54.1 Å². The summed E-state index contributed by atoms with van der Waals surface area (Å²) in [5.74, 6) is -1.79. The number of carbonyl (C=O) groups excluding carboxylic acids is 2. The number of aromatic nitrogens is 1. The highest BCUT2D eigenvalue weighted by Gasteiger charge is 2.48. The molecular weight excluding hydrogens is 431 g/mol. The van der Waals surface area contributed by atoms with Crippen LogP contribution in [0.5, 0.6) is 5.75 Å². The zero-order valence-corrected chi connectivity index (χ0v) is 18.6. The summed E-state index contributed by atoms with van der Waals surface area (Å²) in [5.41, 5.74) is 1.54. The van der Waals surface area contributed by atoms with E-state index in [-0.39, 0.29) is 16.9 Å². The quantitative estimate of drug-likeness (QED) is 0.338. The Bertz CT molecular complexity index is 1200. The fourth-order valence-electron chi connectivity index (χ4n) is 3.58. The van der Waals surface area contributed by atoms with Gasteiger partial charge in [0.15, 0.2) is 5.13 Å². The van der Waals surface area contributed by atoms with Gasteiger partial charge in [-0.05, 0) is 62.7 Å². The first-order valence-corrected chi connectivity index (χ1v) is 10.9. The molecule has 0 radical (unpaired) electrons. The van der Waals surface area contributed by atoms with E-state index in [4.69, 9.17) is 4.74 Å². The number of carbonyl (C=O) groups is 2. The Morgan fingerprint density at radius 1 is 1.12 bits per heavy atom. The molecule has 0 spiro atoms. The topological polar surface area (TPSA) is 79.7 Å². The van der Waals surface area contributed by atoms with Gasteiger partial charge < -0.3 is 9.84 Å². The van der Waals surface area contributed by atoms with Crippen LogP contribution in [-0.2, 0) is 9.59 Å². The maximum Gasteiger partial charge on any atom is 0.301 e. The highest BCUT2D eigenvalue weighted by Crippen LogP contribution is 2.44. The number of thiazole rings is 1. The predicted octanol–water partition coefficient (Wildman–Crippen LogP) is 4.92. The summed E-state index contributed by atoms with van der Waals surface area (Å²) < 4.78 is 18.9. The van der Waals surface area contributed by atoms with E-state index in [0.29, 0.717) is 23.1 Å². The lowest BCUT2D eigenvalue weighted by atomic mass is 9.95. The van der Waals surface area contributed by atoms with Crippen molar-refractivity contribution in [3.05, 3.63) is 81.6 Å². The van der Waals surface area contributed by atoms with Crippen molar-refractivity contribution in [3.63, 3.8) is 0 Å². The molecule has 1 saturated heterocycles. The van der Waals surface area contributed by atoms with Gasteiger partial charge in [0, 0.05) is 10.4 Å². The van der Waals surface area contributed by atoms with E-state index in [1.807, 2.05) is 20.8 Å². The van der Waals surface area contributed by atoms with Crippen LogP contribution in [0.4, 0.5) is 9.52 Å². The Labute approximate surface area is 188 Å². The Morgan fingerprint density at radius 3 is 2.34 bits per heavy atom. The number of aliphatic hydroxyl groups is 1. The molecule has 1 aromatic heterocycles. The van der Waals surface area contributed by atoms with Gasteiger partial charge in [0.1, 0.15) is 17.3 Å². The third-order valence-corrected chi connectivity index (χ3v) is 6.36. The third kappa shape index (κ3) is 3.78. The monoisotopic (exact) mass is 452 g/mol. The summed E-state index contributed by atoms with van der Waals surface area (Å²) in [7, 11) is 0. The average molecular weight is 453 g/mol. The number of aliphatic hydroxyl groups excluding tert-OH is 1. The van der Waals surface area contributed by atoms with Crippen LogP contribution in [-0.4, -0.2) is 28.4 Å². The van der Waals surface area contributed by atoms with E-state index in [9.17, 15) is 19.1 Å². The molecule has 0 bridgehead atoms. The van der Waals surface area contributed by atoms with Crippen LogP contribution >= 0.6 is 11.3 Å². The van der Waals surface area contributed by atoms with Gasteiger partial charge in [-0.1, -0.05) is 12.1 Å². The third-order valence-electron chi connectivity index (χ3n) is 5.29. The van der Waals surface area contributed by atoms with Gasteiger partial charge in [-0.25, -0.2) is 9.37 Å². The molecule has 164 valence electrons. The van der Waals surface area contributed by atoms with Crippen LogP contribution in [0, 0.1) is 19.7 Å². The van der Waals surface area contributed by atoms with Gasteiger partial charge in [0.05, 0.1) is 23.9 Å². The molecule has 1 atom stereocenters. The minimum absolute atomic E-state index is 0.0729. The molecule has 1 fully saturated rings. The number of halogens is 1. The first kappa shape index (κ1) is 21.7. The molecular formula is C24H21FN2O4S. The molecule has 2 aromatic carbocycles. The fourth-order valence-corrected chi connectivity index (χ4v) is 4.52. The molecule has 32 heavy (non-hydrogen) atoms. The average Bonchev–Trinajstić information content (AvgIpc) is 3.24.